The smallest absolute Gasteiger partial charge is 0.352 e. The number of carbonyl (C=O) groups is 2. The largest absolute Gasteiger partial charge is 0.416 e. The van der Waals surface area contributed by atoms with E-state index in [1.807, 2.05) is 61.5 Å². The van der Waals surface area contributed by atoms with Gasteiger partial charge >= 0.3 is 6.18 Å². The average Bonchev–Trinajstić information content (AvgIpc) is 3.10. The van der Waals surface area contributed by atoms with Crippen LogP contribution in [0.1, 0.15) is 54.4 Å². The number of alkyl halides is 3. The van der Waals surface area contributed by atoms with Gasteiger partial charge < -0.3 is 10.2 Å². The summed E-state index contributed by atoms with van der Waals surface area (Å²) in [5.74, 6) is -1.10. The number of hydrogen-bond donors (Lipinski definition) is 1. The molecule has 0 bridgehead atoms. The first kappa shape index (κ1) is 35.7. The van der Waals surface area contributed by atoms with Crippen LogP contribution >= 0.6 is 0 Å². The molecule has 2 amide bonds. The standard InChI is InChI=1S/C38H40F3N3O4S/c1-28-14-11-12-17-30(28)26-43(35(24-29-15-5-2-6-16-29)37(46)42-32-19-7-3-8-20-32)36(45)27-44(49(47,48)34-22-9-4-10-23-34)33-21-13-18-31(25-33)38(39,40)41/h2,4-6,9-18,21-23,25,32,35H,3,7-8,19-20,24,26-27H2,1H3,(H,42,46)/t35-/m0/s1. The van der Waals surface area contributed by atoms with Crippen molar-refractivity contribution in [3.8, 4) is 0 Å². The van der Waals surface area contributed by atoms with Gasteiger partial charge in [0, 0.05) is 19.0 Å². The van der Waals surface area contributed by atoms with E-state index in [-0.39, 0.29) is 35.5 Å². The summed E-state index contributed by atoms with van der Waals surface area (Å²) in [6, 6.07) is 26.6. The van der Waals surface area contributed by atoms with Crippen LogP contribution in [-0.2, 0) is 38.8 Å². The molecule has 0 spiro atoms. The summed E-state index contributed by atoms with van der Waals surface area (Å²) in [7, 11) is -4.54. The molecule has 4 aromatic rings. The lowest BCUT2D eigenvalue weighted by Gasteiger charge is -2.35. The number of aryl methyl sites for hydroxylation is 1. The molecule has 7 nitrogen and oxygen atoms in total. The Labute approximate surface area is 285 Å². The minimum Gasteiger partial charge on any atom is -0.352 e. The molecule has 1 atom stereocenters. The van der Waals surface area contributed by atoms with E-state index in [9.17, 15) is 31.2 Å². The summed E-state index contributed by atoms with van der Waals surface area (Å²) in [5, 5.41) is 3.15. The monoisotopic (exact) mass is 691 g/mol. The highest BCUT2D eigenvalue weighted by Crippen LogP contribution is 2.33. The molecule has 1 aliphatic rings. The summed E-state index contributed by atoms with van der Waals surface area (Å²) in [6.45, 7) is 1.01. The fraction of sp³-hybridized carbons (Fsp3) is 0.316. The molecule has 0 unspecified atom stereocenters. The molecule has 0 heterocycles. The second-order valence-corrected chi connectivity index (χ2v) is 14.2. The van der Waals surface area contributed by atoms with Crippen LogP contribution in [0.2, 0.25) is 0 Å². The number of anilines is 1. The van der Waals surface area contributed by atoms with Crippen molar-refractivity contribution in [1.82, 2.24) is 10.2 Å². The van der Waals surface area contributed by atoms with Gasteiger partial charge in [0.1, 0.15) is 12.6 Å². The van der Waals surface area contributed by atoms with E-state index in [0.717, 1.165) is 67.0 Å². The van der Waals surface area contributed by atoms with Crippen LogP contribution in [0.4, 0.5) is 18.9 Å². The van der Waals surface area contributed by atoms with Crippen LogP contribution in [0, 0.1) is 6.92 Å². The van der Waals surface area contributed by atoms with Crippen molar-refractivity contribution < 1.29 is 31.2 Å². The third-order valence-electron chi connectivity index (χ3n) is 8.90. The van der Waals surface area contributed by atoms with Gasteiger partial charge in [-0.15, -0.1) is 0 Å². The quantitative estimate of drug-likeness (QED) is 0.169. The van der Waals surface area contributed by atoms with E-state index in [1.54, 1.807) is 6.07 Å². The number of carbonyl (C=O) groups excluding carboxylic acids is 2. The molecule has 11 heteroatoms. The highest BCUT2D eigenvalue weighted by molar-refractivity contribution is 7.92. The minimum absolute atomic E-state index is 0.0249. The first-order valence-corrected chi connectivity index (χ1v) is 17.8. The fourth-order valence-electron chi connectivity index (χ4n) is 6.16. The van der Waals surface area contributed by atoms with Crippen LogP contribution < -0.4 is 9.62 Å². The van der Waals surface area contributed by atoms with Crippen molar-refractivity contribution in [3.63, 3.8) is 0 Å². The predicted molar refractivity (Wildman–Crippen MR) is 183 cm³/mol. The van der Waals surface area contributed by atoms with Gasteiger partial charge in [0.2, 0.25) is 11.8 Å². The Bertz CT molecular complexity index is 1830. The maximum Gasteiger partial charge on any atom is 0.416 e. The van der Waals surface area contributed by atoms with Gasteiger partial charge in [0.25, 0.3) is 10.0 Å². The number of amides is 2. The Hall–Kier alpha value is -4.64. The molecular weight excluding hydrogens is 651 g/mol. The number of rotatable bonds is 12. The lowest BCUT2D eigenvalue weighted by atomic mass is 9.94. The molecule has 1 saturated carbocycles. The molecule has 49 heavy (non-hydrogen) atoms. The highest BCUT2D eigenvalue weighted by atomic mass is 32.2. The molecule has 0 aliphatic heterocycles. The van der Waals surface area contributed by atoms with Gasteiger partial charge in [-0.1, -0.05) is 98.1 Å². The second kappa shape index (κ2) is 15.7. The van der Waals surface area contributed by atoms with Crippen LogP contribution in [0.5, 0.6) is 0 Å². The SMILES string of the molecule is Cc1ccccc1CN(C(=O)CN(c1cccc(C(F)(F)F)c1)S(=O)(=O)c1ccccc1)[C@@H](Cc1ccccc1)C(=O)NC1CCCCC1. The number of halogens is 3. The summed E-state index contributed by atoms with van der Waals surface area (Å²) < 4.78 is 70.4. The number of nitrogens with one attached hydrogen (secondary N) is 1. The van der Waals surface area contributed by atoms with Crippen LogP contribution in [0.15, 0.2) is 114 Å². The summed E-state index contributed by atoms with van der Waals surface area (Å²) in [5.41, 5.74) is 1.01. The van der Waals surface area contributed by atoms with E-state index in [0.29, 0.717) is 4.31 Å². The molecule has 4 aromatic carbocycles. The topological polar surface area (TPSA) is 86.8 Å². The highest BCUT2D eigenvalue weighted by Gasteiger charge is 2.37. The van der Waals surface area contributed by atoms with Gasteiger partial charge in [0.05, 0.1) is 16.1 Å². The Morgan fingerprint density at radius 3 is 2.12 bits per heavy atom. The molecule has 1 aliphatic carbocycles. The lowest BCUT2D eigenvalue weighted by molar-refractivity contribution is -0.140. The molecule has 5 rings (SSSR count). The third-order valence-corrected chi connectivity index (χ3v) is 10.7. The number of nitrogens with zero attached hydrogens (tertiary/aromatic N) is 2. The zero-order valence-corrected chi connectivity index (χ0v) is 28.1. The van der Waals surface area contributed by atoms with Gasteiger partial charge in [-0.25, -0.2) is 8.42 Å². The van der Waals surface area contributed by atoms with E-state index in [2.05, 4.69) is 5.32 Å². The molecule has 258 valence electrons. The van der Waals surface area contributed by atoms with E-state index < -0.39 is 40.3 Å². The Balaban J connectivity index is 1.59. The van der Waals surface area contributed by atoms with Crippen LogP contribution in [0.3, 0.4) is 0 Å². The van der Waals surface area contributed by atoms with Crippen molar-refractivity contribution in [2.75, 3.05) is 10.8 Å². The van der Waals surface area contributed by atoms with Gasteiger partial charge in [-0.05, 0) is 66.8 Å². The van der Waals surface area contributed by atoms with Crippen molar-refractivity contribution in [2.45, 2.75) is 75.1 Å². The Morgan fingerprint density at radius 2 is 1.47 bits per heavy atom. The minimum atomic E-state index is -4.75. The predicted octanol–water partition coefficient (Wildman–Crippen LogP) is 7.30. The first-order valence-electron chi connectivity index (χ1n) is 16.4. The number of sulfonamides is 1. The van der Waals surface area contributed by atoms with Crippen LogP contribution in [-0.4, -0.2) is 43.8 Å². The Morgan fingerprint density at radius 1 is 0.837 bits per heavy atom. The fourth-order valence-corrected chi connectivity index (χ4v) is 7.58. The van der Waals surface area contributed by atoms with E-state index in [1.165, 1.54) is 35.2 Å². The average molecular weight is 692 g/mol. The molecule has 0 aromatic heterocycles. The summed E-state index contributed by atoms with van der Waals surface area (Å²) in [4.78, 5) is 30.0. The lowest BCUT2D eigenvalue weighted by Crippen LogP contribution is -2.55. The van der Waals surface area contributed by atoms with E-state index in [4.69, 9.17) is 0 Å². The number of benzene rings is 4. The zero-order chi connectivity index (χ0) is 35.0. The van der Waals surface area contributed by atoms with Crippen molar-refractivity contribution in [3.05, 3.63) is 131 Å². The van der Waals surface area contributed by atoms with E-state index >= 15 is 0 Å². The first-order chi connectivity index (χ1) is 23.4. The number of hydrogen-bond acceptors (Lipinski definition) is 4. The second-order valence-electron chi connectivity index (χ2n) is 12.4. The van der Waals surface area contributed by atoms with Crippen molar-refractivity contribution >= 4 is 27.5 Å². The third kappa shape index (κ3) is 9.08. The van der Waals surface area contributed by atoms with Crippen molar-refractivity contribution in [2.24, 2.45) is 0 Å². The normalized spacial score (nSPS) is 14.5. The molecule has 0 saturated heterocycles. The van der Waals surface area contributed by atoms with Crippen LogP contribution in [0.25, 0.3) is 0 Å². The molecular formula is C38H40F3N3O4S. The maximum atomic E-state index is 14.6. The summed E-state index contributed by atoms with van der Waals surface area (Å²) >= 11 is 0. The molecule has 0 radical (unpaired) electrons. The summed E-state index contributed by atoms with van der Waals surface area (Å²) in [6.07, 6.45) is 0.0529. The van der Waals surface area contributed by atoms with Gasteiger partial charge in [-0.2, -0.15) is 13.2 Å². The zero-order valence-electron chi connectivity index (χ0n) is 27.3. The maximum absolute atomic E-state index is 14.6. The molecule has 1 N–H and O–H groups in total. The van der Waals surface area contributed by atoms with Gasteiger partial charge in [-0.3, -0.25) is 13.9 Å². The van der Waals surface area contributed by atoms with Crippen molar-refractivity contribution in [1.29, 1.82) is 0 Å². The van der Waals surface area contributed by atoms with Gasteiger partial charge in [0.15, 0.2) is 0 Å². The molecule has 1 fully saturated rings. The Kier molecular flexibility index (Phi) is 11.4.